The fraction of sp³-hybridized carbons (Fsp3) is 0.350. The molecule has 8 heteroatoms. The van der Waals surface area contributed by atoms with Gasteiger partial charge in [0, 0.05) is 6.20 Å². The molecule has 0 aliphatic carbocycles. The number of hydrogen-bond donors (Lipinski definition) is 1. The Morgan fingerprint density at radius 3 is 2.93 bits per heavy atom. The number of pyridine rings is 1. The average molecular weight is 398 g/mol. The molecule has 0 bridgehead atoms. The molecular formula is C20H22N4O3S. The Hall–Kier alpha value is -2.74. The highest BCUT2D eigenvalue weighted by molar-refractivity contribution is 7.98. The summed E-state index contributed by atoms with van der Waals surface area (Å²) in [5.74, 6) is 3.02. The van der Waals surface area contributed by atoms with Gasteiger partial charge >= 0.3 is 0 Å². The van der Waals surface area contributed by atoms with E-state index in [1.54, 1.807) is 11.8 Å². The SMILES string of the molecule is CSCC[C@H](NC(=O)Cc1ccc2c(c1)OCCO2)c1nnc2ccccn12. The van der Waals surface area contributed by atoms with Crippen LogP contribution in [-0.2, 0) is 11.2 Å². The molecule has 0 fully saturated rings. The van der Waals surface area contributed by atoms with Crippen LogP contribution in [0.3, 0.4) is 0 Å². The smallest absolute Gasteiger partial charge is 0.225 e. The van der Waals surface area contributed by atoms with Gasteiger partial charge < -0.3 is 14.8 Å². The van der Waals surface area contributed by atoms with E-state index in [0.29, 0.717) is 19.0 Å². The zero-order valence-corrected chi connectivity index (χ0v) is 16.4. The highest BCUT2D eigenvalue weighted by Gasteiger charge is 2.21. The molecule has 1 atom stereocenters. The molecule has 1 aliphatic rings. The molecule has 28 heavy (non-hydrogen) atoms. The van der Waals surface area contributed by atoms with Gasteiger partial charge in [-0.05, 0) is 48.3 Å². The number of hydrogen-bond acceptors (Lipinski definition) is 6. The predicted octanol–water partition coefficient (Wildman–Crippen LogP) is 2.65. The molecule has 0 saturated carbocycles. The zero-order chi connectivity index (χ0) is 19.3. The van der Waals surface area contributed by atoms with Crippen molar-refractivity contribution < 1.29 is 14.3 Å². The van der Waals surface area contributed by atoms with Gasteiger partial charge in [0.25, 0.3) is 0 Å². The van der Waals surface area contributed by atoms with Crippen molar-refractivity contribution in [2.24, 2.45) is 0 Å². The minimum Gasteiger partial charge on any atom is -0.486 e. The van der Waals surface area contributed by atoms with Crippen molar-refractivity contribution in [1.82, 2.24) is 19.9 Å². The molecule has 2 aromatic heterocycles. The summed E-state index contributed by atoms with van der Waals surface area (Å²) < 4.78 is 13.1. The Bertz CT molecular complexity index is 975. The van der Waals surface area contributed by atoms with Crippen LogP contribution in [0.1, 0.15) is 23.9 Å². The summed E-state index contributed by atoms with van der Waals surface area (Å²) in [7, 11) is 0. The molecule has 0 unspecified atom stereocenters. The van der Waals surface area contributed by atoms with E-state index in [9.17, 15) is 4.79 Å². The van der Waals surface area contributed by atoms with Crippen molar-refractivity contribution in [3.63, 3.8) is 0 Å². The van der Waals surface area contributed by atoms with Crippen LogP contribution >= 0.6 is 11.8 Å². The maximum atomic E-state index is 12.7. The summed E-state index contributed by atoms with van der Waals surface area (Å²) in [5.41, 5.74) is 1.66. The number of benzene rings is 1. The van der Waals surface area contributed by atoms with Gasteiger partial charge in [-0.1, -0.05) is 12.1 Å². The lowest BCUT2D eigenvalue weighted by molar-refractivity contribution is -0.121. The van der Waals surface area contributed by atoms with Gasteiger partial charge in [0.1, 0.15) is 13.2 Å². The van der Waals surface area contributed by atoms with Gasteiger partial charge in [-0.25, -0.2) is 0 Å². The monoisotopic (exact) mass is 398 g/mol. The van der Waals surface area contributed by atoms with Crippen molar-refractivity contribution in [2.75, 3.05) is 25.2 Å². The number of ether oxygens (including phenoxy) is 2. The number of carbonyl (C=O) groups is 1. The van der Waals surface area contributed by atoms with Gasteiger partial charge in [0.15, 0.2) is 23.0 Å². The molecule has 1 N–H and O–H groups in total. The maximum absolute atomic E-state index is 12.7. The van der Waals surface area contributed by atoms with E-state index in [2.05, 4.69) is 21.8 Å². The summed E-state index contributed by atoms with van der Waals surface area (Å²) in [6.45, 7) is 1.08. The van der Waals surface area contributed by atoms with Crippen LogP contribution in [0.2, 0.25) is 0 Å². The van der Waals surface area contributed by atoms with E-state index in [1.807, 2.05) is 47.0 Å². The molecule has 1 aliphatic heterocycles. The topological polar surface area (TPSA) is 77.8 Å². The first-order chi connectivity index (χ1) is 13.7. The lowest BCUT2D eigenvalue weighted by Crippen LogP contribution is -2.31. The lowest BCUT2D eigenvalue weighted by Gasteiger charge is -2.19. The van der Waals surface area contributed by atoms with E-state index in [-0.39, 0.29) is 18.4 Å². The third-order valence-electron chi connectivity index (χ3n) is 4.57. The molecule has 0 spiro atoms. The number of fused-ring (bicyclic) bond motifs is 2. The second kappa shape index (κ2) is 8.52. The van der Waals surface area contributed by atoms with Gasteiger partial charge in [0.05, 0.1) is 12.5 Å². The minimum absolute atomic E-state index is 0.0598. The van der Waals surface area contributed by atoms with Crippen LogP contribution in [-0.4, -0.2) is 45.7 Å². The molecular weight excluding hydrogens is 376 g/mol. The Balaban J connectivity index is 1.49. The van der Waals surface area contributed by atoms with Crippen LogP contribution in [0.5, 0.6) is 11.5 Å². The van der Waals surface area contributed by atoms with E-state index in [1.165, 1.54) is 0 Å². The average Bonchev–Trinajstić information content (AvgIpc) is 3.15. The maximum Gasteiger partial charge on any atom is 0.225 e. The Morgan fingerprint density at radius 2 is 2.07 bits per heavy atom. The van der Waals surface area contributed by atoms with Gasteiger partial charge in [-0.15, -0.1) is 10.2 Å². The molecule has 1 aromatic carbocycles. The fourth-order valence-electron chi connectivity index (χ4n) is 3.23. The molecule has 4 rings (SSSR count). The van der Waals surface area contributed by atoms with Gasteiger partial charge in [-0.2, -0.15) is 11.8 Å². The van der Waals surface area contributed by atoms with Crippen molar-refractivity contribution >= 4 is 23.3 Å². The Kier molecular flexibility index (Phi) is 5.66. The lowest BCUT2D eigenvalue weighted by atomic mass is 10.1. The van der Waals surface area contributed by atoms with Crippen LogP contribution in [0, 0.1) is 0 Å². The van der Waals surface area contributed by atoms with Crippen molar-refractivity contribution in [3.8, 4) is 11.5 Å². The Morgan fingerprint density at radius 1 is 1.21 bits per heavy atom. The summed E-state index contributed by atoms with van der Waals surface area (Å²) in [4.78, 5) is 12.7. The molecule has 1 amide bonds. The second-order valence-corrected chi connectivity index (χ2v) is 7.53. The quantitative estimate of drug-likeness (QED) is 0.659. The van der Waals surface area contributed by atoms with Crippen LogP contribution in [0.4, 0.5) is 0 Å². The number of carbonyl (C=O) groups excluding carboxylic acids is 1. The minimum atomic E-state index is -0.199. The molecule has 3 aromatic rings. The third kappa shape index (κ3) is 4.06. The van der Waals surface area contributed by atoms with Gasteiger partial charge in [0.2, 0.25) is 5.91 Å². The number of nitrogens with zero attached hydrogens (tertiary/aromatic N) is 3. The number of aromatic nitrogens is 3. The molecule has 146 valence electrons. The molecule has 3 heterocycles. The van der Waals surface area contributed by atoms with E-state index in [4.69, 9.17) is 9.47 Å². The van der Waals surface area contributed by atoms with Crippen molar-refractivity contribution in [2.45, 2.75) is 18.9 Å². The van der Waals surface area contributed by atoms with E-state index in [0.717, 1.165) is 35.0 Å². The van der Waals surface area contributed by atoms with Gasteiger partial charge in [-0.3, -0.25) is 9.20 Å². The number of thioether (sulfide) groups is 1. The third-order valence-corrected chi connectivity index (χ3v) is 5.21. The molecule has 7 nitrogen and oxygen atoms in total. The first kappa shape index (κ1) is 18.6. The normalized spacial score (nSPS) is 14.0. The summed E-state index contributed by atoms with van der Waals surface area (Å²) in [6, 6.07) is 11.2. The van der Waals surface area contributed by atoms with Crippen molar-refractivity contribution in [1.29, 1.82) is 0 Å². The highest BCUT2D eigenvalue weighted by Crippen LogP contribution is 2.31. The van der Waals surface area contributed by atoms with Crippen molar-refractivity contribution in [3.05, 3.63) is 54.0 Å². The summed E-state index contributed by atoms with van der Waals surface area (Å²) in [5, 5.41) is 11.7. The number of rotatable bonds is 7. The van der Waals surface area contributed by atoms with Crippen LogP contribution in [0.15, 0.2) is 42.6 Å². The number of nitrogens with one attached hydrogen (secondary N) is 1. The molecule has 0 saturated heterocycles. The van der Waals surface area contributed by atoms with Crippen LogP contribution < -0.4 is 14.8 Å². The fourth-order valence-corrected chi connectivity index (χ4v) is 3.70. The largest absolute Gasteiger partial charge is 0.486 e. The van der Waals surface area contributed by atoms with E-state index < -0.39 is 0 Å². The molecule has 0 radical (unpaired) electrons. The Labute approximate surface area is 167 Å². The second-order valence-electron chi connectivity index (χ2n) is 6.54. The number of amides is 1. The summed E-state index contributed by atoms with van der Waals surface area (Å²) in [6.07, 6.45) is 5.02. The highest BCUT2D eigenvalue weighted by atomic mass is 32.2. The predicted molar refractivity (Wildman–Crippen MR) is 108 cm³/mol. The van der Waals surface area contributed by atoms with E-state index >= 15 is 0 Å². The first-order valence-electron chi connectivity index (χ1n) is 9.21. The summed E-state index contributed by atoms with van der Waals surface area (Å²) >= 11 is 1.74. The van der Waals surface area contributed by atoms with Crippen LogP contribution in [0.25, 0.3) is 5.65 Å². The standard InChI is InChI=1S/C20H22N4O3S/c1-28-11-7-15(20-23-22-18-4-2-3-8-24(18)20)21-19(25)13-14-5-6-16-17(12-14)27-10-9-26-16/h2-6,8,12,15H,7,9-11,13H2,1H3,(H,21,25)/t15-/m0/s1. The first-order valence-corrected chi connectivity index (χ1v) is 10.6. The zero-order valence-electron chi connectivity index (χ0n) is 15.6.